The number of halogens is 5. The van der Waals surface area contributed by atoms with E-state index in [-0.39, 0.29) is 29.6 Å². The van der Waals surface area contributed by atoms with Gasteiger partial charge in [-0.15, -0.1) is 0 Å². The number of hydrogen-bond acceptors (Lipinski definition) is 4. The first kappa shape index (κ1) is 22.8. The third-order valence-corrected chi connectivity index (χ3v) is 4.06. The molecule has 2 aromatic rings. The maximum atomic E-state index is 13.4. The van der Waals surface area contributed by atoms with Crippen LogP contribution < -0.4 is 0 Å². The molecule has 0 aliphatic heterocycles. The second kappa shape index (κ2) is 7.77. The SMILES string of the molecule is O=C(OC(C(F)(F)F)C(F)(F)S(=O)(=O)O)c1ccc2ccccc2c1.[NaH]. The monoisotopic (exact) mass is 408 g/mol. The standard InChI is InChI=1S/C14H9F5O5S.Na.H/c15-13(16,17)12(14(18,19)25(21,22)23)24-11(20)10-6-5-8-3-1-2-4-9(8)7-10;;/h1-7,12H,(H,21,22,23);;. The zero-order chi connectivity index (χ0) is 19.0. The summed E-state index contributed by atoms with van der Waals surface area (Å²) in [5.74, 6) is -1.82. The zero-order valence-electron chi connectivity index (χ0n) is 12.0. The van der Waals surface area contributed by atoms with Crippen LogP contribution in [-0.4, -0.2) is 66.0 Å². The summed E-state index contributed by atoms with van der Waals surface area (Å²) in [7, 11) is -6.48. The third-order valence-electron chi connectivity index (χ3n) is 3.16. The fourth-order valence-electron chi connectivity index (χ4n) is 1.95. The number of esters is 1. The molecule has 2 aromatic carbocycles. The first-order chi connectivity index (χ1) is 11.3. The predicted molar refractivity (Wildman–Crippen MR) is 82.9 cm³/mol. The molecule has 0 amide bonds. The molecule has 0 radical (unpaired) electrons. The molecule has 0 spiro atoms. The van der Waals surface area contributed by atoms with Crippen LogP contribution in [0.25, 0.3) is 10.8 Å². The molecule has 5 nitrogen and oxygen atoms in total. The molecule has 1 unspecified atom stereocenters. The number of rotatable bonds is 4. The van der Waals surface area contributed by atoms with E-state index in [1.54, 1.807) is 18.2 Å². The number of hydrogen-bond donors (Lipinski definition) is 1. The minimum atomic E-state index is -6.48. The van der Waals surface area contributed by atoms with Gasteiger partial charge in [0.25, 0.3) is 6.10 Å². The minimum absolute atomic E-state index is 0. The van der Waals surface area contributed by atoms with Crippen molar-refractivity contribution in [2.24, 2.45) is 0 Å². The molecule has 0 fully saturated rings. The summed E-state index contributed by atoms with van der Waals surface area (Å²) in [4.78, 5) is 11.8. The van der Waals surface area contributed by atoms with Crippen LogP contribution in [0.2, 0.25) is 0 Å². The second-order valence-electron chi connectivity index (χ2n) is 4.93. The molecule has 0 bridgehead atoms. The molecule has 1 atom stereocenters. The van der Waals surface area contributed by atoms with Gasteiger partial charge in [0.1, 0.15) is 0 Å². The predicted octanol–water partition coefficient (Wildman–Crippen LogP) is 2.76. The van der Waals surface area contributed by atoms with Gasteiger partial charge >= 0.3 is 57.1 Å². The molecule has 0 aliphatic carbocycles. The number of fused-ring (bicyclic) bond motifs is 1. The first-order valence-corrected chi connectivity index (χ1v) is 7.89. The number of carbonyl (C=O) groups excluding carboxylic acids is 1. The van der Waals surface area contributed by atoms with Gasteiger partial charge < -0.3 is 4.74 Å². The van der Waals surface area contributed by atoms with E-state index in [0.717, 1.165) is 12.1 Å². The Morgan fingerprint density at radius 3 is 2.04 bits per heavy atom. The Bertz CT molecular complexity index is 913. The van der Waals surface area contributed by atoms with Crippen LogP contribution in [0.3, 0.4) is 0 Å². The van der Waals surface area contributed by atoms with Crippen LogP contribution in [0, 0.1) is 0 Å². The van der Waals surface area contributed by atoms with Gasteiger partial charge in [0.15, 0.2) is 0 Å². The van der Waals surface area contributed by atoms with E-state index in [4.69, 9.17) is 4.55 Å². The Hall–Kier alpha value is -1.27. The van der Waals surface area contributed by atoms with Crippen molar-refractivity contribution in [1.29, 1.82) is 0 Å². The zero-order valence-corrected chi connectivity index (χ0v) is 12.8. The van der Waals surface area contributed by atoms with E-state index < -0.39 is 39.2 Å². The summed E-state index contributed by atoms with van der Waals surface area (Å²) in [5, 5.41) is -4.73. The van der Waals surface area contributed by atoms with Crippen LogP contribution in [0.4, 0.5) is 22.0 Å². The van der Waals surface area contributed by atoms with Gasteiger partial charge in [-0.25, -0.2) is 4.79 Å². The molecule has 0 aromatic heterocycles. The Labute approximate surface area is 166 Å². The van der Waals surface area contributed by atoms with Crippen molar-refractivity contribution in [3.63, 3.8) is 0 Å². The van der Waals surface area contributed by atoms with Gasteiger partial charge in [0.2, 0.25) is 0 Å². The van der Waals surface area contributed by atoms with Crippen molar-refractivity contribution in [2.75, 3.05) is 0 Å². The van der Waals surface area contributed by atoms with Crippen molar-refractivity contribution in [2.45, 2.75) is 17.5 Å². The van der Waals surface area contributed by atoms with Crippen LogP contribution in [0.5, 0.6) is 0 Å². The molecule has 0 aliphatic rings. The van der Waals surface area contributed by atoms with Crippen molar-refractivity contribution in [3.05, 3.63) is 48.0 Å². The third kappa shape index (κ3) is 4.71. The Balaban J connectivity index is 0.00000338. The van der Waals surface area contributed by atoms with E-state index in [0.29, 0.717) is 10.8 Å². The molecule has 0 saturated carbocycles. The number of carbonyl (C=O) groups is 1. The molecule has 0 saturated heterocycles. The van der Waals surface area contributed by atoms with Crippen LogP contribution in [-0.2, 0) is 14.9 Å². The van der Waals surface area contributed by atoms with E-state index in [9.17, 15) is 35.2 Å². The average molecular weight is 408 g/mol. The fraction of sp³-hybridized carbons (Fsp3) is 0.214. The quantitative estimate of drug-likeness (QED) is 0.364. The molecule has 1 N–H and O–H groups in total. The van der Waals surface area contributed by atoms with Gasteiger partial charge in [-0.05, 0) is 22.9 Å². The molecule has 12 heteroatoms. The van der Waals surface area contributed by atoms with Gasteiger partial charge in [-0.2, -0.15) is 30.4 Å². The molecule has 138 valence electrons. The van der Waals surface area contributed by atoms with Crippen molar-refractivity contribution < 1.29 is 44.5 Å². The summed E-state index contributed by atoms with van der Waals surface area (Å²) >= 11 is 0. The van der Waals surface area contributed by atoms with Gasteiger partial charge in [0, 0.05) is 0 Å². The van der Waals surface area contributed by atoms with E-state index in [1.165, 1.54) is 12.1 Å². The van der Waals surface area contributed by atoms with E-state index in [1.807, 2.05) is 0 Å². The van der Waals surface area contributed by atoms with E-state index in [2.05, 4.69) is 4.74 Å². The summed E-state index contributed by atoms with van der Waals surface area (Å²) in [6, 6.07) is 9.85. The second-order valence-corrected chi connectivity index (χ2v) is 6.42. The molecule has 2 rings (SSSR count). The number of ether oxygens (including phenoxy) is 1. The Kier molecular flexibility index (Phi) is 6.80. The van der Waals surface area contributed by atoms with Crippen molar-refractivity contribution >= 4 is 56.4 Å². The maximum absolute atomic E-state index is 13.4. The fourth-order valence-corrected chi connectivity index (χ4v) is 2.40. The summed E-state index contributed by atoms with van der Waals surface area (Å²) in [6.45, 7) is 0. The van der Waals surface area contributed by atoms with Gasteiger partial charge in [-0.3, -0.25) is 4.55 Å². The molecule has 26 heavy (non-hydrogen) atoms. The average Bonchev–Trinajstić information content (AvgIpc) is 2.49. The summed E-state index contributed by atoms with van der Waals surface area (Å²) < 4.78 is 98.1. The molecule has 0 heterocycles. The Morgan fingerprint density at radius 1 is 1.00 bits per heavy atom. The number of alkyl halides is 5. The van der Waals surface area contributed by atoms with Crippen LogP contribution in [0.1, 0.15) is 10.4 Å². The van der Waals surface area contributed by atoms with Crippen LogP contribution >= 0.6 is 0 Å². The summed E-state index contributed by atoms with van der Waals surface area (Å²) in [5.41, 5.74) is -0.501. The van der Waals surface area contributed by atoms with Crippen molar-refractivity contribution in [1.82, 2.24) is 0 Å². The molecular weight excluding hydrogens is 398 g/mol. The number of benzene rings is 2. The van der Waals surface area contributed by atoms with Crippen molar-refractivity contribution in [3.8, 4) is 0 Å². The van der Waals surface area contributed by atoms with E-state index >= 15 is 0 Å². The van der Waals surface area contributed by atoms with Gasteiger partial charge in [-0.1, -0.05) is 30.3 Å². The van der Waals surface area contributed by atoms with Crippen LogP contribution in [0.15, 0.2) is 42.5 Å². The Morgan fingerprint density at radius 2 is 1.54 bits per heavy atom. The summed E-state index contributed by atoms with van der Waals surface area (Å²) in [6.07, 6.45) is -10.3. The topological polar surface area (TPSA) is 80.7 Å². The molecular formula is C14H10F5NaO5S. The normalized spacial score (nSPS) is 13.8. The first-order valence-electron chi connectivity index (χ1n) is 6.45. The van der Waals surface area contributed by atoms with Gasteiger partial charge in [0.05, 0.1) is 5.56 Å².